The van der Waals surface area contributed by atoms with E-state index < -0.39 is 0 Å². The third-order valence-corrected chi connectivity index (χ3v) is 6.06. The molecule has 1 aliphatic carbocycles. The lowest BCUT2D eigenvalue weighted by Crippen LogP contribution is -2.49. The first kappa shape index (κ1) is 17.3. The zero-order valence-corrected chi connectivity index (χ0v) is 15.0. The minimum atomic E-state index is 0.551. The lowest BCUT2D eigenvalue weighted by molar-refractivity contribution is 0.0643. The van der Waals surface area contributed by atoms with Gasteiger partial charge in [-0.1, -0.05) is 47.0 Å². The van der Waals surface area contributed by atoms with Crippen LogP contribution in [0.1, 0.15) is 72.6 Å². The molecule has 2 nitrogen and oxygen atoms in total. The van der Waals surface area contributed by atoms with Crippen LogP contribution in [0, 0.1) is 17.3 Å². The van der Waals surface area contributed by atoms with Gasteiger partial charge in [0, 0.05) is 19.1 Å². The number of piperidine rings is 1. The van der Waals surface area contributed by atoms with Crippen LogP contribution in [0.5, 0.6) is 0 Å². The van der Waals surface area contributed by atoms with E-state index in [1.807, 2.05) is 0 Å². The maximum atomic E-state index is 3.75. The summed E-state index contributed by atoms with van der Waals surface area (Å²) >= 11 is 0. The van der Waals surface area contributed by atoms with Crippen molar-refractivity contribution in [2.24, 2.45) is 17.3 Å². The molecule has 1 heterocycles. The van der Waals surface area contributed by atoms with Crippen molar-refractivity contribution in [2.45, 2.75) is 78.7 Å². The van der Waals surface area contributed by atoms with Gasteiger partial charge in [-0.25, -0.2) is 0 Å². The van der Waals surface area contributed by atoms with Crippen molar-refractivity contribution >= 4 is 0 Å². The van der Waals surface area contributed by atoms with Crippen LogP contribution in [-0.2, 0) is 0 Å². The molecule has 0 amide bonds. The van der Waals surface area contributed by atoms with Gasteiger partial charge >= 0.3 is 0 Å². The van der Waals surface area contributed by atoms with Gasteiger partial charge in [0.2, 0.25) is 0 Å². The molecule has 0 aromatic heterocycles. The van der Waals surface area contributed by atoms with E-state index in [0.29, 0.717) is 11.5 Å². The molecular formula is C19H38N2. The number of nitrogens with one attached hydrogen (secondary N) is 1. The molecule has 21 heavy (non-hydrogen) atoms. The number of rotatable bonds is 6. The predicted molar refractivity (Wildman–Crippen MR) is 92.7 cm³/mol. The van der Waals surface area contributed by atoms with Gasteiger partial charge in [0.1, 0.15) is 0 Å². The van der Waals surface area contributed by atoms with Gasteiger partial charge in [0.25, 0.3) is 0 Å². The molecule has 0 spiro atoms. The minimum absolute atomic E-state index is 0.551. The van der Waals surface area contributed by atoms with Crippen molar-refractivity contribution < 1.29 is 0 Å². The molecule has 1 saturated carbocycles. The Bertz CT molecular complexity index is 284. The molecule has 2 aliphatic rings. The Morgan fingerprint density at radius 2 is 1.71 bits per heavy atom. The fourth-order valence-corrected chi connectivity index (χ4v) is 4.21. The van der Waals surface area contributed by atoms with E-state index in [2.05, 4.69) is 37.9 Å². The van der Waals surface area contributed by atoms with Gasteiger partial charge in [-0.15, -0.1) is 0 Å². The van der Waals surface area contributed by atoms with Crippen LogP contribution < -0.4 is 5.32 Å². The quantitative estimate of drug-likeness (QED) is 0.785. The highest BCUT2D eigenvalue weighted by Gasteiger charge is 2.36. The van der Waals surface area contributed by atoms with Crippen LogP contribution in [0.25, 0.3) is 0 Å². The van der Waals surface area contributed by atoms with Crippen molar-refractivity contribution in [3.05, 3.63) is 0 Å². The van der Waals surface area contributed by atoms with Crippen molar-refractivity contribution in [2.75, 3.05) is 26.2 Å². The molecule has 1 N–H and O–H groups in total. The molecule has 0 aromatic rings. The Kier molecular flexibility index (Phi) is 6.55. The SMILES string of the molecule is CCC1CCN(CC2(CNC(C)C)CCC(C)CC2)CC1. The molecule has 2 fully saturated rings. The summed E-state index contributed by atoms with van der Waals surface area (Å²) < 4.78 is 0. The van der Waals surface area contributed by atoms with Crippen molar-refractivity contribution in [3.63, 3.8) is 0 Å². The summed E-state index contributed by atoms with van der Waals surface area (Å²) in [6.07, 6.45) is 9.98. The molecule has 0 radical (unpaired) electrons. The van der Waals surface area contributed by atoms with Gasteiger partial charge in [-0.2, -0.15) is 0 Å². The maximum Gasteiger partial charge on any atom is 0.00501 e. The van der Waals surface area contributed by atoms with Crippen LogP contribution in [0.3, 0.4) is 0 Å². The third kappa shape index (κ3) is 5.25. The summed E-state index contributed by atoms with van der Waals surface area (Å²) in [5, 5.41) is 3.75. The molecule has 1 aliphatic heterocycles. The fraction of sp³-hybridized carbons (Fsp3) is 1.00. The number of nitrogens with zero attached hydrogens (tertiary/aromatic N) is 1. The van der Waals surface area contributed by atoms with E-state index >= 15 is 0 Å². The second kappa shape index (κ2) is 7.97. The summed E-state index contributed by atoms with van der Waals surface area (Å²) in [6.45, 7) is 14.6. The smallest absolute Gasteiger partial charge is 0.00501 e. The van der Waals surface area contributed by atoms with Crippen molar-refractivity contribution in [1.29, 1.82) is 0 Å². The van der Waals surface area contributed by atoms with Gasteiger partial charge in [0.15, 0.2) is 0 Å². The van der Waals surface area contributed by atoms with Crippen LogP contribution in [-0.4, -0.2) is 37.1 Å². The first-order valence-electron chi connectivity index (χ1n) is 9.49. The van der Waals surface area contributed by atoms with Crippen molar-refractivity contribution in [1.82, 2.24) is 10.2 Å². The van der Waals surface area contributed by atoms with Gasteiger partial charge < -0.3 is 10.2 Å². The second-order valence-electron chi connectivity index (χ2n) is 8.35. The van der Waals surface area contributed by atoms with E-state index in [1.54, 1.807) is 0 Å². The number of hydrogen-bond acceptors (Lipinski definition) is 2. The Labute approximate surface area is 133 Å². The fourth-order valence-electron chi connectivity index (χ4n) is 4.21. The first-order chi connectivity index (χ1) is 10.0. The zero-order chi connectivity index (χ0) is 15.3. The van der Waals surface area contributed by atoms with E-state index in [-0.39, 0.29) is 0 Å². The normalized spacial score (nSPS) is 32.7. The second-order valence-corrected chi connectivity index (χ2v) is 8.35. The Balaban J connectivity index is 1.89. The Hall–Kier alpha value is -0.0800. The average Bonchev–Trinajstić information content (AvgIpc) is 2.49. The summed E-state index contributed by atoms with van der Waals surface area (Å²) in [5.74, 6) is 1.94. The van der Waals surface area contributed by atoms with Gasteiger partial charge in [0.05, 0.1) is 0 Å². The lowest BCUT2D eigenvalue weighted by atomic mass is 9.70. The topological polar surface area (TPSA) is 15.3 Å². The molecule has 0 bridgehead atoms. The van der Waals surface area contributed by atoms with Crippen LogP contribution >= 0.6 is 0 Å². The maximum absolute atomic E-state index is 3.75. The highest BCUT2D eigenvalue weighted by atomic mass is 15.1. The van der Waals surface area contributed by atoms with Gasteiger partial charge in [-0.3, -0.25) is 0 Å². The number of likely N-dealkylation sites (tertiary alicyclic amines) is 1. The monoisotopic (exact) mass is 294 g/mol. The molecular weight excluding hydrogens is 256 g/mol. The van der Waals surface area contributed by atoms with E-state index in [1.165, 1.54) is 71.1 Å². The van der Waals surface area contributed by atoms with E-state index in [0.717, 1.165) is 11.8 Å². The molecule has 0 aromatic carbocycles. The summed E-state index contributed by atoms with van der Waals surface area (Å²) in [6, 6.07) is 0.618. The van der Waals surface area contributed by atoms with Crippen molar-refractivity contribution in [3.8, 4) is 0 Å². The summed E-state index contributed by atoms with van der Waals surface area (Å²) in [5.41, 5.74) is 0.551. The molecule has 2 heteroatoms. The zero-order valence-electron chi connectivity index (χ0n) is 15.0. The molecule has 124 valence electrons. The molecule has 0 atom stereocenters. The van der Waals surface area contributed by atoms with Crippen LogP contribution in [0.15, 0.2) is 0 Å². The standard InChI is InChI=1S/C19H38N2/c1-5-18-8-12-21(13-9-18)15-19(14-20-16(2)3)10-6-17(4)7-11-19/h16-18,20H,5-15H2,1-4H3. The van der Waals surface area contributed by atoms with Crippen LogP contribution in [0.2, 0.25) is 0 Å². The molecule has 1 saturated heterocycles. The summed E-state index contributed by atoms with van der Waals surface area (Å²) in [4.78, 5) is 2.78. The largest absolute Gasteiger partial charge is 0.314 e. The highest BCUT2D eigenvalue weighted by Crippen LogP contribution is 2.40. The van der Waals surface area contributed by atoms with E-state index in [9.17, 15) is 0 Å². The first-order valence-corrected chi connectivity index (χ1v) is 9.49. The average molecular weight is 295 g/mol. The minimum Gasteiger partial charge on any atom is -0.314 e. The van der Waals surface area contributed by atoms with Crippen LogP contribution in [0.4, 0.5) is 0 Å². The summed E-state index contributed by atoms with van der Waals surface area (Å²) in [7, 11) is 0. The third-order valence-electron chi connectivity index (χ3n) is 6.06. The lowest BCUT2D eigenvalue weighted by Gasteiger charge is -2.45. The van der Waals surface area contributed by atoms with Gasteiger partial charge in [-0.05, 0) is 56.0 Å². The number of hydrogen-bond donors (Lipinski definition) is 1. The highest BCUT2D eigenvalue weighted by molar-refractivity contribution is 4.90. The molecule has 2 rings (SSSR count). The van der Waals surface area contributed by atoms with E-state index in [4.69, 9.17) is 0 Å². The Morgan fingerprint density at radius 1 is 1.10 bits per heavy atom. The molecule has 0 unspecified atom stereocenters. The predicted octanol–water partition coefficient (Wildman–Crippen LogP) is 4.30. The Morgan fingerprint density at radius 3 is 2.24 bits per heavy atom.